The van der Waals surface area contributed by atoms with E-state index in [1.165, 1.54) is 0 Å². The highest BCUT2D eigenvalue weighted by Gasteiger charge is 2.13. The van der Waals surface area contributed by atoms with E-state index in [0.717, 1.165) is 0 Å². The fourth-order valence-electron chi connectivity index (χ4n) is 1.26. The molecule has 1 atom stereocenters. The summed E-state index contributed by atoms with van der Waals surface area (Å²) in [5.74, 6) is 0.0459. The summed E-state index contributed by atoms with van der Waals surface area (Å²) in [6, 6.07) is 2.07. The van der Waals surface area contributed by atoms with Crippen LogP contribution < -0.4 is 5.73 Å². The standard InChI is InChI=1S/C11H21N3O2/c1-10(13)4-5-11(15)14(7-3-6-12)8-9-16-2/h10H,3-5,7-9,13H2,1-2H3. The molecule has 0 aromatic heterocycles. The van der Waals surface area contributed by atoms with Gasteiger partial charge >= 0.3 is 0 Å². The van der Waals surface area contributed by atoms with Crippen LogP contribution in [0.15, 0.2) is 0 Å². The van der Waals surface area contributed by atoms with Crippen LogP contribution in [0.3, 0.4) is 0 Å². The number of rotatable bonds is 8. The summed E-state index contributed by atoms with van der Waals surface area (Å²) in [7, 11) is 1.59. The van der Waals surface area contributed by atoms with E-state index in [0.29, 0.717) is 39.0 Å². The number of carbonyl (C=O) groups is 1. The van der Waals surface area contributed by atoms with Gasteiger partial charge in [-0.05, 0) is 13.3 Å². The summed E-state index contributed by atoms with van der Waals surface area (Å²) in [6.07, 6.45) is 1.47. The van der Waals surface area contributed by atoms with E-state index in [-0.39, 0.29) is 11.9 Å². The predicted octanol–water partition coefficient (Wildman–Crippen LogP) is 0.502. The quantitative estimate of drug-likeness (QED) is 0.655. The first-order valence-electron chi connectivity index (χ1n) is 5.51. The Hall–Kier alpha value is -1.12. The maximum Gasteiger partial charge on any atom is 0.222 e. The van der Waals surface area contributed by atoms with E-state index < -0.39 is 0 Å². The minimum atomic E-state index is 0.0317. The molecule has 0 aromatic carbocycles. The molecule has 1 amide bonds. The van der Waals surface area contributed by atoms with Gasteiger partial charge in [0.2, 0.25) is 5.91 Å². The van der Waals surface area contributed by atoms with Gasteiger partial charge in [0, 0.05) is 32.7 Å². The Kier molecular flexibility index (Phi) is 8.49. The Labute approximate surface area is 97.2 Å². The van der Waals surface area contributed by atoms with Crippen LogP contribution in [0, 0.1) is 11.3 Å². The molecule has 0 aromatic rings. The fraction of sp³-hybridized carbons (Fsp3) is 0.818. The van der Waals surface area contributed by atoms with Gasteiger partial charge in [-0.15, -0.1) is 0 Å². The van der Waals surface area contributed by atoms with Crippen molar-refractivity contribution < 1.29 is 9.53 Å². The van der Waals surface area contributed by atoms with Gasteiger partial charge in [0.05, 0.1) is 19.1 Å². The monoisotopic (exact) mass is 227 g/mol. The first kappa shape index (κ1) is 14.9. The fourth-order valence-corrected chi connectivity index (χ4v) is 1.26. The molecule has 0 bridgehead atoms. The van der Waals surface area contributed by atoms with Crippen LogP contribution >= 0.6 is 0 Å². The third-order valence-electron chi connectivity index (χ3n) is 2.23. The molecule has 0 heterocycles. The lowest BCUT2D eigenvalue weighted by molar-refractivity contribution is -0.132. The Morgan fingerprint density at radius 2 is 2.25 bits per heavy atom. The van der Waals surface area contributed by atoms with E-state index in [4.69, 9.17) is 15.7 Å². The second-order valence-electron chi connectivity index (χ2n) is 3.80. The largest absolute Gasteiger partial charge is 0.383 e. The molecule has 2 N–H and O–H groups in total. The summed E-state index contributed by atoms with van der Waals surface area (Å²) < 4.78 is 4.93. The van der Waals surface area contributed by atoms with Gasteiger partial charge in [0.1, 0.15) is 0 Å². The van der Waals surface area contributed by atoms with Gasteiger partial charge in [-0.3, -0.25) is 4.79 Å². The number of hydrogen-bond donors (Lipinski definition) is 1. The second-order valence-corrected chi connectivity index (χ2v) is 3.80. The van der Waals surface area contributed by atoms with Crippen molar-refractivity contribution in [3.63, 3.8) is 0 Å². The van der Waals surface area contributed by atoms with Crippen LogP contribution in [-0.4, -0.2) is 43.7 Å². The molecule has 0 aliphatic carbocycles. The Morgan fingerprint density at radius 1 is 1.56 bits per heavy atom. The third-order valence-corrected chi connectivity index (χ3v) is 2.23. The van der Waals surface area contributed by atoms with Crippen LogP contribution in [0.25, 0.3) is 0 Å². The summed E-state index contributed by atoms with van der Waals surface area (Å²) in [5.41, 5.74) is 5.59. The molecule has 1 unspecified atom stereocenters. The van der Waals surface area contributed by atoms with Crippen molar-refractivity contribution in [1.29, 1.82) is 5.26 Å². The van der Waals surface area contributed by atoms with Crippen molar-refractivity contribution in [1.82, 2.24) is 4.90 Å². The van der Waals surface area contributed by atoms with Gasteiger partial charge in [-0.25, -0.2) is 0 Å². The molecule has 5 heteroatoms. The number of amides is 1. The van der Waals surface area contributed by atoms with E-state index >= 15 is 0 Å². The normalized spacial score (nSPS) is 11.9. The van der Waals surface area contributed by atoms with Crippen molar-refractivity contribution in [2.24, 2.45) is 5.73 Å². The molecule has 0 aliphatic rings. The van der Waals surface area contributed by atoms with Gasteiger partial charge in [0.25, 0.3) is 0 Å². The van der Waals surface area contributed by atoms with Crippen LogP contribution in [0.2, 0.25) is 0 Å². The van der Waals surface area contributed by atoms with Crippen molar-refractivity contribution >= 4 is 5.91 Å². The van der Waals surface area contributed by atoms with Crippen molar-refractivity contribution in [3.05, 3.63) is 0 Å². The van der Waals surface area contributed by atoms with Crippen molar-refractivity contribution in [2.45, 2.75) is 32.2 Å². The van der Waals surface area contributed by atoms with Crippen LogP contribution in [-0.2, 0) is 9.53 Å². The van der Waals surface area contributed by atoms with E-state index in [1.54, 1.807) is 12.0 Å². The maximum atomic E-state index is 11.8. The average molecular weight is 227 g/mol. The van der Waals surface area contributed by atoms with Crippen LogP contribution in [0.5, 0.6) is 0 Å². The zero-order chi connectivity index (χ0) is 12.4. The zero-order valence-corrected chi connectivity index (χ0v) is 10.1. The summed E-state index contributed by atoms with van der Waals surface area (Å²) in [4.78, 5) is 13.4. The Bertz CT molecular complexity index is 236. The molecular weight excluding hydrogens is 206 g/mol. The SMILES string of the molecule is COCCN(CCC#N)C(=O)CCC(C)N. The summed E-state index contributed by atoms with van der Waals surface area (Å²) in [5, 5.41) is 8.50. The van der Waals surface area contributed by atoms with Gasteiger partial charge in [-0.2, -0.15) is 5.26 Å². The maximum absolute atomic E-state index is 11.8. The highest BCUT2D eigenvalue weighted by Crippen LogP contribution is 2.01. The number of nitrogens with two attached hydrogens (primary N) is 1. The molecule has 0 saturated carbocycles. The highest BCUT2D eigenvalue weighted by molar-refractivity contribution is 5.76. The first-order valence-corrected chi connectivity index (χ1v) is 5.51. The molecule has 92 valence electrons. The van der Waals surface area contributed by atoms with E-state index in [1.807, 2.05) is 13.0 Å². The van der Waals surface area contributed by atoms with E-state index in [2.05, 4.69) is 0 Å². The summed E-state index contributed by atoms with van der Waals surface area (Å²) in [6.45, 7) is 3.38. The number of nitrogens with zero attached hydrogens (tertiary/aromatic N) is 2. The van der Waals surface area contributed by atoms with Gasteiger partial charge in [-0.1, -0.05) is 0 Å². The topological polar surface area (TPSA) is 79.3 Å². The van der Waals surface area contributed by atoms with Crippen molar-refractivity contribution in [3.8, 4) is 6.07 Å². The summed E-state index contributed by atoms with van der Waals surface area (Å²) >= 11 is 0. The lowest BCUT2D eigenvalue weighted by Crippen LogP contribution is -2.35. The number of hydrogen-bond acceptors (Lipinski definition) is 4. The number of ether oxygens (including phenoxy) is 1. The number of carbonyl (C=O) groups excluding carboxylic acids is 1. The van der Waals surface area contributed by atoms with E-state index in [9.17, 15) is 4.79 Å². The minimum Gasteiger partial charge on any atom is -0.383 e. The van der Waals surface area contributed by atoms with Crippen molar-refractivity contribution in [2.75, 3.05) is 26.8 Å². The molecule has 5 nitrogen and oxygen atoms in total. The third kappa shape index (κ3) is 7.21. The Morgan fingerprint density at radius 3 is 2.75 bits per heavy atom. The molecule has 0 saturated heterocycles. The number of methoxy groups -OCH3 is 1. The lowest BCUT2D eigenvalue weighted by atomic mass is 10.2. The van der Waals surface area contributed by atoms with Crippen LogP contribution in [0.4, 0.5) is 0 Å². The average Bonchev–Trinajstić information content (AvgIpc) is 2.26. The predicted molar refractivity (Wildman–Crippen MR) is 61.6 cm³/mol. The highest BCUT2D eigenvalue weighted by atomic mass is 16.5. The molecule has 16 heavy (non-hydrogen) atoms. The molecule has 0 radical (unpaired) electrons. The molecule has 0 fully saturated rings. The van der Waals surface area contributed by atoms with Gasteiger partial charge < -0.3 is 15.4 Å². The Balaban J connectivity index is 4.04. The molecular formula is C11H21N3O2. The lowest BCUT2D eigenvalue weighted by Gasteiger charge is -2.21. The van der Waals surface area contributed by atoms with Gasteiger partial charge in [0.15, 0.2) is 0 Å². The van der Waals surface area contributed by atoms with Crippen LogP contribution in [0.1, 0.15) is 26.2 Å². The molecule has 0 rings (SSSR count). The smallest absolute Gasteiger partial charge is 0.222 e. The molecule has 0 spiro atoms. The first-order chi connectivity index (χ1) is 7.61. The zero-order valence-electron chi connectivity index (χ0n) is 10.1. The minimum absolute atomic E-state index is 0.0317. The number of nitriles is 1. The molecule has 0 aliphatic heterocycles. The second kappa shape index (κ2) is 9.13.